The molecule has 0 spiro atoms. The van der Waals surface area contributed by atoms with E-state index in [-0.39, 0.29) is 11.9 Å². The fraction of sp³-hybridized carbons (Fsp3) is 0.565. The van der Waals surface area contributed by atoms with Crippen LogP contribution in [0.4, 0.5) is 0 Å². The molecule has 2 aliphatic heterocycles. The van der Waals surface area contributed by atoms with Crippen molar-refractivity contribution >= 4 is 5.91 Å². The Labute approximate surface area is 173 Å². The molecule has 0 radical (unpaired) electrons. The van der Waals surface area contributed by atoms with E-state index in [9.17, 15) is 4.79 Å². The number of likely N-dealkylation sites (N-methyl/N-ethyl adjacent to an activating group) is 1. The zero-order valence-corrected chi connectivity index (χ0v) is 17.4. The number of imidazole rings is 1. The Morgan fingerprint density at radius 1 is 1.07 bits per heavy atom. The van der Waals surface area contributed by atoms with Gasteiger partial charge >= 0.3 is 0 Å². The lowest BCUT2D eigenvalue weighted by atomic mass is 10.1. The minimum atomic E-state index is -0.145. The summed E-state index contributed by atoms with van der Waals surface area (Å²) in [5.41, 5.74) is 1.01. The Bertz CT molecular complexity index is 795. The van der Waals surface area contributed by atoms with Gasteiger partial charge in [0.05, 0.1) is 6.61 Å². The Morgan fingerprint density at radius 3 is 2.59 bits per heavy atom. The molecule has 2 aliphatic rings. The van der Waals surface area contributed by atoms with E-state index in [1.54, 1.807) is 11.1 Å². The molecule has 4 rings (SSSR count). The Hall–Kier alpha value is -2.34. The lowest BCUT2D eigenvalue weighted by Crippen LogP contribution is -2.30. The van der Waals surface area contributed by atoms with Gasteiger partial charge in [0.2, 0.25) is 5.91 Å². The molecule has 1 amide bonds. The van der Waals surface area contributed by atoms with Crippen molar-refractivity contribution in [3.63, 3.8) is 0 Å². The first-order valence-corrected chi connectivity index (χ1v) is 11.0. The van der Waals surface area contributed by atoms with Crippen molar-refractivity contribution in [3.05, 3.63) is 36.7 Å². The van der Waals surface area contributed by atoms with Gasteiger partial charge in [-0.2, -0.15) is 0 Å². The number of benzene rings is 1. The number of ether oxygens (including phenoxy) is 1. The van der Waals surface area contributed by atoms with Crippen LogP contribution in [0.5, 0.6) is 5.75 Å². The van der Waals surface area contributed by atoms with Crippen molar-refractivity contribution in [1.29, 1.82) is 0 Å². The third-order valence-electron chi connectivity index (χ3n) is 6.10. The van der Waals surface area contributed by atoms with Gasteiger partial charge in [-0.25, -0.2) is 4.98 Å². The highest BCUT2D eigenvalue weighted by Gasteiger charge is 2.31. The summed E-state index contributed by atoms with van der Waals surface area (Å²) in [7, 11) is 1.86. The second kappa shape index (κ2) is 9.44. The number of aromatic nitrogens is 2. The first kappa shape index (κ1) is 20.0. The number of carbonyl (C=O) groups excluding carboxylic acids is 1. The Balaban J connectivity index is 1.27. The van der Waals surface area contributed by atoms with E-state index >= 15 is 0 Å². The molecule has 29 heavy (non-hydrogen) atoms. The smallest absolute Gasteiger partial charge is 0.245 e. The Morgan fingerprint density at radius 2 is 1.86 bits per heavy atom. The van der Waals surface area contributed by atoms with E-state index < -0.39 is 0 Å². The van der Waals surface area contributed by atoms with Crippen molar-refractivity contribution in [2.45, 2.75) is 44.6 Å². The van der Waals surface area contributed by atoms with Crippen LogP contribution >= 0.6 is 0 Å². The number of nitrogens with zero attached hydrogens (tertiary/aromatic N) is 4. The van der Waals surface area contributed by atoms with Crippen molar-refractivity contribution < 1.29 is 9.53 Å². The normalized spacial score (nSPS) is 20.4. The second-order valence-electron chi connectivity index (χ2n) is 8.20. The SMILES string of the molecule is CN1CCC(n2ccnc2-c2ccc(OCCCCN3CCCCC3)cc2)C1=O. The minimum Gasteiger partial charge on any atom is -0.494 e. The van der Waals surface area contributed by atoms with Crippen LogP contribution < -0.4 is 4.74 Å². The zero-order valence-electron chi connectivity index (χ0n) is 17.4. The van der Waals surface area contributed by atoms with Crippen molar-refractivity contribution in [1.82, 2.24) is 19.4 Å². The van der Waals surface area contributed by atoms with Gasteiger partial charge < -0.3 is 19.1 Å². The van der Waals surface area contributed by atoms with Gasteiger partial charge in [-0.15, -0.1) is 0 Å². The van der Waals surface area contributed by atoms with Crippen molar-refractivity contribution in [2.75, 3.05) is 39.8 Å². The summed E-state index contributed by atoms with van der Waals surface area (Å²) in [6.45, 7) is 5.28. The maximum atomic E-state index is 12.4. The minimum absolute atomic E-state index is 0.145. The molecule has 6 heteroatoms. The highest BCUT2D eigenvalue weighted by molar-refractivity contribution is 5.83. The lowest BCUT2D eigenvalue weighted by Gasteiger charge is -2.26. The van der Waals surface area contributed by atoms with Gasteiger partial charge in [0.25, 0.3) is 0 Å². The van der Waals surface area contributed by atoms with Gasteiger partial charge in [-0.1, -0.05) is 6.42 Å². The van der Waals surface area contributed by atoms with Crippen LogP contribution in [0.15, 0.2) is 36.7 Å². The van der Waals surface area contributed by atoms with Crippen molar-refractivity contribution in [3.8, 4) is 17.1 Å². The topological polar surface area (TPSA) is 50.6 Å². The molecule has 0 bridgehead atoms. The van der Waals surface area contributed by atoms with Gasteiger partial charge in [-0.3, -0.25) is 4.79 Å². The molecule has 1 unspecified atom stereocenters. The number of unbranched alkanes of at least 4 members (excludes halogenated alkanes) is 1. The molecule has 2 saturated heterocycles. The highest BCUT2D eigenvalue weighted by Crippen LogP contribution is 2.28. The average Bonchev–Trinajstić information content (AvgIpc) is 3.36. The molecule has 0 aliphatic carbocycles. The summed E-state index contributed by atoms with van der Waals surface area (Å²) in [4.78, 5) is 21.2. The van der Waals surface area contributed by atoms with E-state index in [0.29, 0.717) is 0 Å². The number of hydrogen-bond acceptors (Lipinski definition) is 4. The van der Waals surface area contributed by atoms with Crippen LogP contribution in [-0.2, 0) is 4.79 Å². The molecule has 3 heterocycles. The summed E-state index contributed by atoms with van der Waals surface area (Å²) >= 11 is 0. The fourth-order valence-electron chi connectivity index (χ4n) is 4.36. The van der Waals surface area contributed by atoms with E-state index in [1.165, 1.54) is 45.3 Å². The summed E-state index contributed by atoms with van der Waals surface area (Å²) in [6.07, 6.45) is 10.9. The first-order chi connectivity index (χ1) is 14.2. The molecule has 156 valence electrons. The molecular formula is C23H32N4O2. The quantitative estimate of drug-likeness (QED) is 0.640. The van der Waals surface area contributed by atoms with Crippen LogP contribution in [0.25, 0.3) is 11.4 Å². The fourth-order valence-corrected chi connectivity index (χ4v) is 4.36. The number of likely N-dealkylation sites (tertiary alicyclic amines) is 2. The molecule has 2 fully saturated rings. The Kier molecular flexibility index (Phi) is 6.49. The van der Waals surface area contributed by atoms with Crippen LogP contribution in [0.3, 0.4) is 0 Å². The van der Waals surface area contributed by atoms with Crippen LogP contribution in [0.1, 0.15) is 44.6 Å². The summed E-state index contributed by atoms with van der Waals surface area (Å²) in [5, 5.41) is 0. The average molecular weight is 397 g/mol. The van der Waals surface area contributed by atoms with Crippen LogP contribution in [-0.4, -0.2) is 65.1 Å². The standard InChI is InChI=1S/C23H32N4O2/c1-25-16-11-21(23(25)28)27-17-12-24-22(27)19-7-9-20(10-8-19)29-18-6-5-15-26-13-3-2-4-14-26/h7-10,12,17,21H,2-6,11,13-16,18H2,1H3. The lowest BCUT2D eigenvalue weighted by molar-refractivity contribution is -0.129. The van der Waals surface area contributed by atoms with Crippen molar-refractivity contribution in [2.24, 2.45) is 0 Å². The first-order valence-electron chi connectivity index (χ1n) is 11.0. The van der Waals surface area contributed by atoms with Gasteiger partial charge in [0, 0.05) is 31.5 Å². The molecule has 6 nitrogen and oxygen atoms in total. The monoisotopic (exact) mass is 396 g/mol. The molecule has 0 saturated carbocycles. The maximum absolute atomic E-state index is 12.4. The third-order valence-corrected chi connectivity index (χ3v) is 6.10. The number of hydrogen-bond donors (Lipinski definition) is 0. The van der Waals surface area contributed by atoms with E-state index in [0.717, 1.165) is 43.1 Å². The van der Waals surface area contributed by atoms with Crippen LogP contribution in [0, 0.1) is 0 Å². The molecule has 0 N–H and O–H groups in total. The predicted octanol–water partition coefficient (Wildman–Crippen LogP) is 3.60. The maximum Gasteiger partial charge on any atom is 0.245 e. The van der Waals surface area contributed by atoms with Gasteiger partial charge in [0.15, 0.2) is 0 Å². The molecule has 1 atom stereocenters. The highest BCUT2D eigenvalue weighted by atomic mass is 16.5. The molecular weight excluding hydrogens is 364 g/mol. The van der Waals surface area contributed by atoms with E-state index in [2.05, 4.69) is 9.88 Å². The largest absolute Gasteiger partial charge is 0.494 e. The van der Waals surface area contributed by atoms with Crippen LogP contribution in [0.2, 0.25) is 0 Å². The predicted molar refractivity (Wildman–Crippen MR) is 114 cm³/mol. The van der Waals surface area contributed by atoms with E-state index in [1.807, 2.05) is 42.1 Å². The summed E-state index contributed by atoms with van der Waals surface area (Å²) < 4.78 is 7.92. The van der Waals surface area contributed by atoms with Gasteiger partial charge in [-0.05, 0) is 76.0 Å². The number of carbonyl (C=O) groups is 1. The summed E-state index contributed by atoms with van der Waals surface area (Å²) in [6, 6.07) is 7.92. The molecule has 2 aromatic rings. The zero-order chi connectivity index (χ0) is 20.1. The summed E-state index contributed by atoms with van der Waals surface area (Å²) in [5.74, 6) is 1.89. The second-order valence-corrected chi connectivity index (χ2v) is 8.20. The number of piperidine rings is 1. The third kappa shape index (κ3) is 4.81. The number of rotatable bonds is 8. The molecule has 1 aromatic heterocycles. The number of amides is 1. The molecule has 1 aromatic carbocycles. The van der Waals surface area contributed by atoms with E-state index in [4.69, 9.17) is 4.74 Å². The van der Waals surface area contributed by atoms with Gasteiger partial charge in [0.1, 0.15) is 17.6 Å².